The van der Waals surface area contributed by atoms with Gasteiger partial charge in [-0.3, -0.25) is 9.78 Å². The van der Waals surface area contributed by atoms with Gasteiger partial charge in [-0.1, -0.05) is 23.9 Å². The van der Waals surface area contributed by atoms with Gasteiger partial charge in [-0.05, 0) is 50.1 Å². The number of anilines is 1. The number of aromatic nitrogens is 5. The highest BCUT2D eigenvalue weighted by molar-refractivity contribution is 7.99. The van der Waals surface area contributed by atoms with E-state index in [1.54, 1.807) is 12.4 Å². The number of hydrogen-bond donors (Lipinski definition) is 1. The predicted molar refractivity (Wildman–Crippen MR) is 125 cm³/mol. The summed E-state index contributed by atoms with van der Waals surface area (Å²) in [4.78, 5) is 21.2. The Morgan fingerprint density at radius 2 is 2.03 bits per heavy atom. The quantitative estimate of drug-likeness (QED) is 0.406. The first-order valence-electron chi connectivity index (χ1n) is 9.84. The summed E-state index contributed by atoms with van der Waals surface area (Å²) < 4.78 is 1.98. The Labute approximate surface area is 189 Å². The van der Waals surface area contributed by atoms with Gasteiger partial charge in [-0.15, -0.1) is 21.5 Å². The van der Waals surface area contributed by atoms with E-state index in [9.17, 15) is 4.79 Å². The molecule has 31 heavy (non-hydrogen) atoms. The number of amides is 1. The van der Waals surface area contributed by atoms with Crippen molar-refractivity contribution in [3.8, 4) is 22.6 Å². The maximum atomic E-state index is 12.5. The van der Waals surface area contributed by atoms with E-state index >= 15 is 0 Å². The van der Waals surface area contributed by atoms with Crippen molar-refractivity contribution in [1.82, 2.24) is 24.7 Å². The summed E-state index contributed by atoms with van der Waals surface area (Å²) in [5.41, 5.74) is 5.28. The van der Waals surface area contributed by atoms with E-state index < -0.39 is 0 Å². The number of hydrogen-bond acceptors (Lipinski definition) is 7. The third-order valence-corrected chi connectivity index (χ3v) is 6.56. The predicted octanol–water partition coefficient (Wildman–Crippen LogP) is 4.83. The van der Waals surface area contributed by atoms with Crippen molar-refractivity contribution in [3.63, 3.8) is 0 Å². The second-order valence-corrected chi connectivity index (χ2v) is 8.77. The smallest absolute Gasteiger partial charge is 0.236 e. The molecule has 1 aromatic carbocycles. The molecule has 0 aliphatic heterocycles. The van der Waals surface area contributed by atoms with E-state index in [-0.39, 0.29) is 11.7 Å². The fourth-order valence-electron chi connectivity index (χ4n) is 3.04. The maximum absolute atomic E-state index is 12.5. The minimum absolute atomic E-state index is 0.125. The number of thiazole rings is 1. The fraction of sp³-hybridized carbons (Fsp3) is 0.227. The summed E-state index contributed by atoms with van der Waals surface area (Å²) >= 11 is 2.78. The van der Waals surface area contributed by atoms with Crippen molar-refractivity contribution >= 4 is 34.1 Å². The molecule has 0 fully saturated rings. The summed E-state index contributed by atoms with van der Waals surface area (Å²) in [5, 5.41) is 14.7. The lowest BCUT2D eigenvalue weighted by Gasteiger charge is -2.07. The Hall–Kier alpha value is -3.04. The van der Waals surface area contributed by atoms with E-state index in [2.05, 4.69) is 57.5 Å². The van der Waals surface area contributed by atoms with Crippen LogP contribution in [0.15, 0.2) is 53.3 Å². The minimum Gasteiger partial charge on any atom is -0.302 e. The molecule has 0 atom stereocenters. The van der Waals surface area contributed by atoms with E-state index in [4.69, 9.17) is 0 Å². The summed E-state index contributed by atoms with van der Waals surface area (Å²) in [5.74, 6) is 0.847. The largest absolute Gasteiger partial charge is 0.302 e. The number of carbonyl (C=O) groups is 1. The molecule has 158 valence electrons. The van der Waals surface area contributed by atoms with Gasteiger partial charge in [0.05, 0.1) is 11.4 Å². The summed E-state index contributed by atoms with van der Waals surface area (Å²) in [6.45, 7) is 6.90. The monoisotopic (exact) mass is 450 g/mol. The highest BCUT2D eigenvalue weighted by Gasteiger charge is 2.15. The molecule has 4 aromatic rings. The molecule has 4 rings (SSSR count). The van der Waals surface area contributed by atoms with Crippen LogP contribution in [0.25, 0.3) is 22.6 Å². The second-order valence-electron chi connectivity index (χ2n) is 6.97. The Morgan fingerprint density at radius 3 is 2.77 bits per heavy atom. The third-order valence-electron chi connectivity index (χ3n) is 4.84. The zero-order valence-corrected chi connectivity index (χ0v) is 19.1. The van der Waals surface area contributed by atoms with Crippen LogP contribution in [0, 0.1) is 13.8 Å². The van der Waals surface area contributed by atoms with Crippen LogP contribution in [0.1, 0.15) is 18.1 Å². The molecule has 1 amide bonds. The molecular formula is C22H22N6OS2. The average molecular weight is 451 g/mol. The van der Waals surface area contributed by atoms with E-state index in [1.165, 1.54) is 34.2 Å². The number of carbonyl (C=O) groups excluding carboxylic acids is 1. The lowest BCUT2D eigenvalue weighted by atomic mass is 10.1. The first-order valence-corrected chi connectivity index (χ1v) is 11.7. The number of pyridine rings is 1. The van der Waals surface area contributed by atoms with Crippen molar-refractivity contribution in [3.05, 3.63) is 59.2 Å². The zero-order chi connectivity index (χ0) is 21.8. The van der Waals surface area contributed by atoms with E-state index in [0.29, 0.717) is 16.8 Å². The summed E-state index contributed by atoms with van der Waals surface area (Å²) in [6.07, 6.45) is 3.48. The van der Waals surface area contributed by atoms with Crippen molar-refractivity contribution in [2.45, 2.75) is 32.5 Å². The van der Waals surface area contributed by atoms with Crippen molar-refractivity contribution in [1.29, 1.82) is 0 Å². The maximum Gasteiger partial charge on any atom is 0.236 e. The molecule has 0 aliphatic carbocycles. The fourth-order valence-corrected chi connectivity index (χ4v) is 4.58. The van der Waals surface area contributed by atoms with Gasteiger partial charge in [0.2, 0.25) is 5.91 Å². The Kier molecular flexibility index (Phi) is 6.43. The topological polar surface area (TPSA) is 85.6 Å². The number of benzene rings is 1. The molecule has 0 saturated heterocycles. The molecule has 3 heterocycles. The zero-order valence-electron chi connectivity index (χ0n) is 17.5. The Morgan fingerprint density at radius 1 is 1.16 bits per heavy atom. The molecule has 0 bridgehead atoms. The lowest BCUT2D eigenvalue weighted by molar-refractivity contribution is -0.113. The van der Waals surface area contributed by atoms with Crippen molar-refractivity contribution in [2.75, 3.05) is 11.1 Å². The van der Waals surface area contributed by atoms with Crippen LogP contribution < -0.4 is 5.32 Å². The van der Waals surface area contributed by atoms with Gasteiger partial charge in [0.1, 0.15) is 0 Å². The van der Waals surface area contributed by atoms with E-state index in [0.717, 1.165) is 22.6 Å². The van der Waals surface area contributed by atoms with Gasteiger partial charge in [-0.2, -0.15) is 0 Å². The normalized spacial score (nSPS) is 10.9. The van der Waals surface area contributed by atoms with Crippen LogP contribution in [0.4, 0.5) is 5.13 Å². The number of aryl methyl sites for hydroxylation is 2. The molecule has 0 aliphatic rings. The van der Waals surface area contributed by atoms with Gasteiger partial charge >= 0.3 is 0 Å². The van der Waals surface area contributed by atoms with Crippen LogP contribution in [-0.4, -0.2) is 36.4 Å². The molecular weight excluding hydrogens is 428 g/mol. The van der Waals surface area contributed by atoms with Gasteiger partial charge in [0, 0.05) is 35.4 Å². The molecule has 0 spiro atoms. The van der Waals surface area contributed by atoms with Crippen LogP contribution in [-0.2, 0) is 11.3 Å². The third kappa shape index (κ3) is 4.83. The van der Waals surface area contributed by atoms with E-state index in [1.807, 2.05) is 29.0 Å². The molecule has 0 saturated carbocycles. The lowest BCUT2D eigenvalue weighted by Crippen LogP contribution is -2.14. The first-order chi connectivity index (χ1) is 15.0. The Bertz CT molecular complexity index is 1200. The minimum atomic E-state index is -0.125. The van der Waals surface area contributed by atoms with Gasteiger partial charge in [-0.25, -0.2) is 4.98 Å². The highest BCUT2D eigenvalue weighted by Crippen LogP contribution is 2.27. The molecule has 1 N–H and O–H groups in total. The number of nitrogens with one attached hydrogen (secondary N) is 1. The number of nitrogens with zero attached hydrogens (tertiary/aromatic N) is 5. The Balaban J connectivity index is 1.40. The van der Waals surface area contributed by atoms with Gasteiger partial charge < -0.3 is 9.88 Å². The molecule has 0 radical (unpaired) electrons. The van der Waals surface area contributed by atoms with Crippen molar-refractivity contribution < 1.29 is 4.79 Å². The van der Waals surface area contributed by atoms with Crippen LogP contribution in [0.5, 0.6) is 0 Å². The molecule has 7 nitrogen and oxygen atoms in total. The first kappa shape index (κ1) is 21.2. The molecule has 0 unspecified atom stereocenters. The van der Waals surface area contributed by atoms with Gasteiger partial charge in [0.15, 0.2) is 16.1 Å². The average Bonchev–Trinajstić information content (AvgIpc) is 3.41. The van der Waals surface area contributed by atoms with Crippen LogP contribution >= 0.6 is 23.1 Å². The standard InChI is InChI=1S/C22H22N6OS2/c1-4-28-20(17-6-5-9-23-11-17)26-27-22(28)31-13-19(29)25-21-24-18(12-30-21)16-8-7-14(2)15(3)10-16/h5-12H,4,13H2,1-3H3,(H,24,25,29). The van der Waals surface area contributed by atoms with Crippen LogP contribution in [0.3, 0.4) is 0 Å². The SMILES string of the molecule is CCn1c(SCC(=O)Nc2nc(-c3ccc(C)c(C)c3)cs2)nnc1-c1cccnc1. The van der Waals surface area contributed by atoms with Crippen LogP contribution in [0.2, 0.25) is 0 Å². The molecule has 3 aromatic heterocycles. The number of rotatable bonds is 7. The summed E-state index contributed by atoms with van der Waals surface area (Å²) in [7, 11) is 0. The second kappa shape index (κ2) is 9.40. The molecule has 9 heteroatoms. The number of thioether (sulfide) groups is 1. The van der Waals surface area contributed by atoms with Crippen molar-refractivity contribution in [2.24, 2.45) is 0 Å². The van der Waals surface area contributed by atoms with Gasteiger partial charge in [0.25, 0.3) is 0 Å². The highest BCUT2D eigenvalue weighted by atomic mass is 32.2. The summed E-state index contributed by atoms with van der Waals surface area (Å²) in [6, 6.07) is 10.1.